The maximum atomic E-state index is 12.5. The van der Waals surface area contributed by atoms with Crippen molar-refractivity contribution < 1.29 is 24.2 Å². The molecule has 0 spiro atoms. The van der Waals surface area contributed by atoms with Crippen LogP contribution in [0.5, 0.6) is 0 Å². The monoisotopic (exact) mass is 384 g/mol. The smallest absolute Gasteiger partial charge is 0.356 e. The maximum Gasteiger partial charge on any atom is 0.356 e. The van der Waals surface area contributed by atoms with Crippen molar-refractivity contribution in [2.24, 2.45) is 0 Å². The second-order valence-electron chi connectivity index (χ2n) is 6.26. The van der Waals surface area contributed by atoms with Crippen molar-refractivity contribution in [3.05, 3.63) is 58.6 Å². The van der Waals surface area contributed by atoms with E-state index in [0.29, 0.717) is 11.4 Å². The number of carboxylic acids is 1. The fraction of sp³-hybridized carbons (Fsp3) is 0.263. The van der Waals surface area contributed by atoms with Gasteiger partial charge in [-0.25, -0.2) is 19.1 Å². The van der Waals surface area contributed by atoms with Crippen molar-refractivity contribution in [1.82, 2.24) is 20.4 Å². The topological polar surface area (TPSA) is 123 Å². The van der Waals surface area contributed by atoms with Crippen LogP contribution in [0.3, 0.4) is 0 Å². The predicted octanol–water partition coefficient (Wildman–Crippen LogP) is 2.07. The van der Waals surface area contributed by atoms with Crippen LogP contribution in [0.15, 0.2) is 41.7 Å². The molecule has 28 heavy (non-hydrogen) atoms. The molecular formula is C19H20N4O5. The van der Waals surface area contributed by atoms with Crippen molar-refractivity contribution in [3.63, 3.8) is 0 Å². The van der Waals surface area contributed by atoms with Crippen LogP contribution in [0, 0.1) is 6.92 Å². The molecule has 1 aromatic carbocycles. The summed E-state index contributed by atoms with van der Waals surface area (Å²) >= 11 is 0. The molecule has 146 valence electrons. The molecule has 0 radical (unpaired) electrons. The molecule has 0 saturated heterocycles. The van der Waals surface area contributed by atoms with Crippen molar-refractivity contribution in [3.8, 4) is 5.69 Å². The number of para-hydroxylation sites is 1. The summed E-state index contributed by atoms with van der Waals surface area (Å²) in [6, 6.07) is 5.79. The Morgan fingerprint density at radius 1 is 1.29 bits per heavy atom. The van der Waals surface area contributed by atoms with Crippen LogP contribution in [0.25, 0.3) is 5.69 Å². The van der Waals surface area contributed by atoms with Crippen LogP contribution in [0.4, 0.5) is 4.79 Å². The lowest BCUT2D eigenvalue weighted by Gasteiger charge is -2.27. The molecule has 2 aromatic rings. The number of carbonyl (C=O) groups excluding carboxylic acids is 2. The number of amides is 2. The van der Waals surface area contributed by atoms with Gasteiger partial charge in [-0.1, -0.05) is 18.2 Å². The first-order valence-corrected chi connectivity index (χ1v) is 8.67. The highest BCUT2D eigenvalue weighted by Gasteiger charge is 2.36. The minimum atomic E-state index is -1.27. The molecule has 1 aliphatic heterocycles. The van der Waals surface area contributed by atoms with Gasteiger partial charge in [0.1, 0.15) is 0 Å². The molecule has 1 aromatic heterocycles. The number of aromatic nitrogens is 2. The van der Waals surface area contributed by atoms with Crippen LogP contribution in [0.2, 0.25) is 0 Å². The van der Waals surface area contributed by atoms with Gasteiger partial charge in [0.15, 0.2) is 5.69 Å². The number of allylic oxidation sites excluding steroid dienone is 1. The van der Waals surface area contributed by atoms with E-state index in [2.05, 4.69) is 15.7 Å². The van der Waals surface area contributed by atoms with Crippen molar-refractivity contribution in [2.45, 2.75) is 26.8 Å². The number of ether oxygens (including phenoxy) is 1. The van der Waals surface area contributed by atoms with Gasteiger partial charge in [-0.05, 0) is 32.4 Å². The van der Waals surface area contributed by atoms with Crippen LogP contribution in [-0.4, -0.2) is 39.5 Å². The highest BCUT2D eigenvalue weighted by atomic mass is 16.5. The number of nitrogens with one attached hydrogen (secondary N) is 2. The Morgan fingerprint density at radius 2 is 2.00 bits per heavy atom. The SMILES string of the molecule is CCOC(=O)C1=C(C)NC(=O)N[C@@H]1c1cn(-c2ccccc2C)nc1C(=O)O. The van der Waals surface area contributed by atoms with Crippen molar-refractivity contribution in [2.75, 3.05) is 6.61 Å². The quantitative estimate of drug-likeness (QED) is 0.678. The molecule has 9 heteroatoms. The summed E-state index contributed by atoms with van der Waals surface area (Å²) in [7, 11) is 0. The summed E-state index contributed by atoms with van der Waals surface area (Å²) in [5.41, 5.74) is 1.94. The molecular weight excluding hydrogens is 364 g/mol. The molecule has 0 bridgehead atoms. The van der Waals surface area contributed by atoms with Gasteiger partial charge in [-0.3, -0.25) is 0 Å². The highest BCUT2D eigenvalue weighted by Crippen LogP contribution is 2.30. The summed E-state index contributed by atoms with van der Waals surface area (Å²) in [4.78, 5) is 36.3. The molecule has 2 heterocycles. The first-order valence-electron chi connectivity index (χ1n) is 8.67. The fourth-order valence-electron chi connectivity index (χ4n) is 3.12. The molecule has 0 unspecified atom stereocenters. The lowest BCUT2D eigenvalue weighted by atomic mass is 9.96. The lowest BCUT2D eigenvalue weighted by Crippen LogP contribution is -2.45. The van der Waals surface area contributed by atoms with E-state index >= 15 is 0 Å². The van der Waals surface area contributed by atoms with E-state index in [1.54, 1.807) is 19.9 Å². The number of esters is 1. The molecule has 2 amide bonds. The number of hydrogen-bond donors (Lipinski definition) is 3. The van der Waals surface area contributed by atoms with Gasteiger partial charge in [0, 0.05) is 17.5 Å². The van der Waals surface area contributed by atoms with E-state index in [4.69, 9.17) is 4.74 Å². The standard InChI is InChI=1S/C19H20N4O5/c1-4-28-18(26)14-11(3)20-19(27)21-15(14)12-9-23(22-16(12)17(24)25)13-8-6-5-7-10(13)2/h5-9,15H,4H2,1-3H3,(H,24,25)(H2,20,21,27)/t15-/m1/s1. The second-order valence-corrected chi connectivity index (χ2v) is 6.26. The third-order valence-corrected chi connectivity index (χ3v) is 4.38. The number of benzene rings is 1. The van der Waals surface area contributed by atoms with Crippen LogP contribution >= 0.6 is 0 Å². The van der Waals surface area contributed by atoms with Gasteiger partial charge in [0.25, 0.3) is 0 Å². The predicted molar refractivity (Wildman–Crippen MR) is 99.0 cm³/mol. The lowest BCUT2D eigenvalue weighted by molar-refractivity contribution is -0.139. The van der Waals surface area contributed by atoms with E-state index in [1.165, 1.54) is 10.9 Å². The number of urea groups is 1. The van der Waals surface area contributed by atoms with E-state index in [1.807, 2.05) is 25.1 Å². The van der Waals surface area contributed by atoms with Crippen LogP contribution in [0.1, 0.15) is 41.5 Å². The Balaban J connectivity index is 2.16. The van der Waals surface area contributed by atoms with Gasteiger partial charge < -0.3 is 20.5 Å². The maximum absolute atomic E-state index is 12.5. The van der Waals surface area contributed by atoms with E-state index in [0.717, 1.165) is 5.56 Å². The van der Waals surface area contributed by atoms with Crippen molar-refractivity contribution >= 4 is 18.0 Å². The number of aryl methyl sites for hydroxylation is 1. The normalized spacial score (nSPS) is 16.4. The summed E-state index contributed by atoms with van der Waals surface area (Å²) in [5.74, 6) is -1.91. The molecule has 3 N–H and O–H groups in total. The summed E-state index contributed by atoms with van der Waals surface area (Å²) in [6.07, 6.45) is 1.51. The van der Waals surface area contributed by atoms with Gasteiger partial charge in [-0.15, -0.1) is 0 Å². The number of nitrogens with zero attached hydrogens (tertiary/aromatic N) is 2. The van der Waals surface area contributed by atoms with E-state index in [-0.39, 0.29) is 23.4 Å². The fourth-order valence-corrected chi connectivity index (χ4v) is 3.12. The van der Waals surface area contributed by atoms with E-state index < -0.39 is 24.0 Å². The first-order chi connectivity index (χ1) is 13.3. The zero-order valence-electron chi connectivity index (χ0n) is 15.6. The number of hydrogen-bond acceptors (Lipinski definition) is 5. The third kappa shape index (κ3) is 3.46. The molecule has 0 aliphatic carbocycles. The molecule has 9 nitrogen and oxygen atoms in total. The Bertz CT molecular complexity index is 992. The minimum Gasteiger partial charge on any atom is -0.476 e. The average Bonchev–Trinajstić information content (AvgIpc) is 3.07. The van der Waals surface area contributed by atoms with Gasteiger partial charge in [-0.2, -0.15) is 5.10 Å². The van der Waals surface area contributed by atoms with Crippen molar-refractivity contribution in [1.29, 1.82) is 0 Å². The molecule has 0 saturated carbocycles. The first kappa shape index (κ1) is 19.2. The number of aromatic carboxylic acids is 1. The summed E-state index contributed by atoms with van der Waals surface area (Å²) in [6.45, 7) is 5.24. The average molecular weight is 384 g/mol. The zero-order valence-corrected chi connectivity index (χ0v) is 15.6. The number of carbonyl (C=O) groups is 3. The molecule has 0 fully saturated rings. The van der Waals surface area contributed by atoms with Crippen LogP contribution < -0.4 is 10.6 Å². The Hall–Kier alpha value is -3.62. The zero-order chi connectivity index (χ0) is 20.4. The molecule has 3 rings (SSSR count). The minimum absolute atomic E-state index is 0.133. The molecule has 1 aliphatic rings. The summed E-state index contributed by atoms with van der Waals surface area (Å²) < 4.78 is 6.52. The number of carboxylic acid groups (broad SMARTS) is 1. The Kier molecular flexibility index (Phi) is 5.16. The summed E-state index contributed by atoms with van der Waals surface area (Å²) in [5, 5.41) is 18.9. The third-order valence-electron chi connectivity index (χ3n) is 4.38. The van der Waals surface area contributed by atoms with Crippen LogP contribution in [-0.2, 0) is 9.53 Å². The Morgan fingerprint density at radius 3 is 2.64 bits per heavy atom. The highest BCUT2D eigenvalue weighted by molar-refractivity contribution is 5.96. The Labute approximate surface area is 161 Å². The largest absolute Gasteiger partial charge is 0.476 e. The van der Waals surface area contributed by atoms with Gasteiger partial charge in [0.05, 0.1) is 23.9 Å². The molecule has 1 atom stereocenters. The second kappa shape index (κ2) is 7.55. The van der Waals surface area contributed by atoms with Gasteiger partial charge >= 0.3 is 18.0 Å². The van der Waals surface area contributed by atoms with E-state index in [9.17, 15) is 19.5 Å². The van der Waals surface area contributed by atoms with Gasteiger partial charge in [0.2, 0.25) is 0 Å². The number of rotatable bonds is 5.